The van der Waals surface area contributed by atoms with Crippen LogP contribution in [0.1, 0.15) is 20.8 Å². The van der Waals surface area contributed by atoms with Gasteiger partial charge in [0, 0.05) is 3.92 Å². The number of benzene rings is 2. The van der Waals surface area contributed by atoms with Crippen LogP contribution in [0.25, 0.3) is 11.1 Å². The van der Waals surface area contributed by atoms with Gasteiger partial charge in [-0.1, -0.05) is 67.6 Å². The summed E-state index contributed by atoms with van der Waals surface area (Å²) in [6, 6.07) is 16.5. The lowest BCUT2D eigenvalue weighted by Crippen LogP contribution is -2.06. The van der Waals surface area contributed by atoms with E-state index < -0.39 is 0 Å². The molecule has 0 radical (unpaired) electrons. The van der Waals surface area contributed by atoms with Crippen molar-refractivity contribution in [2.45, 2.75) is 24.7 Å². The van der Waals surface area contributed by atoms with Gasteiger partial charge in [-0.25, -0.2) is 0 Å². The monoisotopic (exact) mass is 410 g/mol. The van der Waals surface area contributed by atoms with E-state index in [-0.39, 0.29) is 0 Å². The van der Waals surface area contributed by atoms with E-state index in [4.69, 9.17) is 9.47 Å². The second-order valence-electron chi connectivity index (χ2n) is 5.85. The molecule has 0 aromatic heterocycles. The average molecular weight is 410 g/mol. The predicted molar refractivity (Wildman–Crippen MR) is 101 cm³/mol. The number of hydrogen-bond donors (Lipinski definition) is 0. The van der Waals surface area contributed by atoms with Crippen LogP contribution in [-0.4, -0.2) is 17.1 Å². The third-order valence-electron chi connectivity index (χ3n) is 3.08. The Balaban J connectivity index is 2.06. The molecule has 0 saturated carbocycles. The molecule has 0 aliphatic heterocycles. The van der Waals surface area contributed by atoms with E-state index in [9.17, 15) is 0 Å². The molecule has 22 heavy (non-hydrogen) atoms. The zero-order valence-electron chi connectivity index (χ0n) is 13.4. The van der Waals surface area contributed by atoms with Crippen LogP contribution in [0.3, 0.4) is 0 Å². The molecule has 0 bridgehead atoms. The SMILES string of the molecule is CC(C)COc1cccc(-c2ccc(OCC(C)I)cc2)c1. The predicted octanol–water partition coefficient (Wildman–Crippen LogP) is 5.59. The van der Waals surface area contributed by atoms with Crippen molar-refractivity contribution in [3.05, 3.63) is 48.5 Å². The highest BCUT2D eigenvalue weighted by Gasteiger charge is 2.03. The maximum Gasteiger partial charge on any atom is 0.119 e. The fraction of sp³-hybridized carbons (Fsp3) is 0.368. The average Bonchev–Trinajstić information content (AvgIpc) is 2.52. The van der Waals surface area contributed by atoms with E-state index in [1.54, 1.807) is 0 Å². The second-order valence-corrected chi connectivity index (χ2v) is 7.98. The molecule has 0 N–H and O–H groups in total. The van der Waals surface area contributed by atoms with Crippen LogP contribution in [0, 0.1) is 5.92 Å². The molecule has 0 spiro atoms. The van der Waals surface area contributed by atoms with Crippen LogP contribution in [-0.2, 0) is 0 Å². The molecule has 3 heteroatoms. The van der Waals surface area contributed by atoms with Crippen molar-refractivity contribution in [3.8, 4) is 22.6 Å². The highest BCUT2D eigenvalue weighted by molar-refractivity contribution is 14.1. The lowest BCUT2D eigenvalue weighted by atomic mass is 10.1. The standard InChI is InChI=1S/C19H23IO2/c1-14(2)12-21-19-6-4-5-17(11-19)16-7-9-18(10-8-16)22-13-15(3)20/h4-11,14-15H,12-13H2,1-3H3. The molecule has 0 saturated heterocycles. The van der Waals surface area contributed by atoms with Gasteiger partial charge in [0.2, 0.25) is 0 Å². The van der Waals surface area contributed by atoms with Crippen LogP contribution in [0.4, 0.5) is 0 Å². The van der Waals surface area contributed by atoms with Gasteiger partial charge in [0.1, 0.15) is 11.5 Å². The number of alkyl halides is 1. The molecule has 2 aromatic carbocycles. The van der Waals surface area contributed by atoms with Gasteiger partial charge in [0.15, 0.2) is 0 Å². The molecule has 0 amide bonds. The van der Waals surface area contributed by atoms with E-state index >= 15 is 0 Å². The van der Waals surface area contributed by atoms with E-state index in [2.05, 4.69) is 67.6 Å². The Hall–Kier alpha value is -1.23. The van der Waals surface area contributed by atoms with E-state index in [1.807, 2.05) is 24.3 Å². The summed E-state index contributed by atoms with van der Waals surface area (Å²) in [4.78, 5) is 0. The van der Waals surface area contributed by atoms with Crippen molar-refractivity contribution >= 4 is 22.6 Å². The molecule has 0 heterocycles. The minimum atomic E-state index is 0.507. The Labute approximate surface area is 147 Å². The van der Waals surface area contributed by atoms with Crippen LogP contribution >= 0.6 is 22.6 Å². The van der Waals surface area contributed by atoms with E-state index in [0.29, 0.717) is 9.84 Å². The van der Waals surface area contributed by atoms with Crippen molar-refractivity contribution in [2.75, 3.05) is 13.2 Å². The first kappa shape index (κ1) is 17.1. The quantitative estimate of drug-likeness (QED) is 0.438. The Kier molecular flexibility index (Phi) is 6.55. The Bertz CT molecular complexity index is 576. The first-order chi connectivity index (χ1) is 10.5. The smallest absolute Gasteiger partial charge is 0.119 e. The minimum Gasteiger partial charge on any atom is -0.493 e. The van der Waals surface area contributed by atoms with Crippen LogP contribution < -0.4 is 9.47 Å². The molecule has 2 nitrogen and oxygen atoms in total. The Morgan fingerprint density at radius 1 is 0.818 bits per heavy atom. The van der Waals surface area contributed by atoms with E-state index in [0.717, 1.165) is 30.3 Å². The van der Waals surface area contributed by atoms with Gasteiger partial charge < -0.3 is 9.47 Å². The summed E-state index contributed by atoms with van der Waals surface area (Å²) in [6.45, 7) is 7.92. The highest BCUT2D eigenvalue weighted by Crippen LogP contribution is 2.26. The maximum atomic E-state index is 5.79. The summed E-state index contributed by atoms with van der Waals surface area (Å²) in [7, 11) is 0. The topological polar surface area (TPSA) is 18.5 Å². The third-order valence-corrected chi connectivity index (χ3v) is 3.44. The number of hydrogen-bond acceptors (Lipinski definition) is 2. The summed E-state index contributed by atoms with van der Waals surface area (Å²) >= 11 is 2.36. The first-order valence-corrected chi connectivity index (χ1v) is 8.89. The molecule has 1 unspecified atom stereocenters. The highest BCUT2D eigenvalue weighted by atomic mass is 127. The van der Waals surface area contributed by atoms with Crippen molar-refractivity contribution in [2.24, 2.45) is 5.92 Å². The molecule has 0 aliphatic rings. The first-order valence-electron chi connectivity index (χ1n) is 7.65. The molecule has 1 atom stereocenters. The summed E-state index contributed by atoms with van der Waals surface area (Å²) < 4.78 is 12.0. The lowest BCUT2D eigenvalue weighted by molar-refractivity contribution is 0.271. The third kappa shape index (κ3) is 5.52. The van der Waals surface area contributed by atoms with Crippen LogP contribution in [0.15, 0.2) is 48.5 Å². The maximum absolute atomic E-state index is 5.79. The molecule has 118 valence electrons. The molecule has 2 rings (SSSR count). The van der Waals surface area contributed by atoms with E-state index in [1.165, 1.54) is 5.56 Å². The zero-order chi connectivity index (χ0) is 15.9. The fourth-order valence-electron chi connectivity index (χ4n) is 1.98. The van der Waals surface area contributed by atoms with Crippen LogP contribution in [0.2, 0.25) is 0 Å². The van der Waals surface area contributed by atoms with Crippen molar-refractivity contribution in [1.82, 2.24) is 0 Å². The van der Waals surface area contributed by atoms with Gasteiger partial charge in [-0.15, -0.1) is 0 Å². The van der Waals surface area contributed by atoms with Gasteiger partial charge in [-0.2, -0.15) is 0 Å². The lowest BCUT2D eigenvalue weighted by Gasteiger charge is -2.11. The zero-order valence-corrected chi connectivity index (χ0v) is 15.5. The summed E-state index contributed by atoms with van der Waals surface area (Å²) in [6.07, 6.45) is 0. The second kappa shape index (κ2) is 8.42. The summed E-state index contributed by atoms with van der Waals surface area (Å²) in [5, 5.41) is 0. The van der Waals surface area contributed by atoms with Crippen molar-refractivity contribution in [1.29, 1.82) is 0 Å². The summed E-state index contributed by atoms with van der Waals surface area (Å²) in [5.41, 5.74) is 2.33. The number of ether oxygens (including phenoxy) is 2. The molecular weight excluding hydrogens is 387 g/mol. The number of halogens is 1. The van der Waals surface area contributed by atoms with Gasteiger partial charge >= 0.3 is 0 Å². The van der Waals surface area contributed by atoms with Gasteiger partial charge in [-0.05, 0) is 41.3 Å². The Morgan fingerprint density at radius 3 is 2.14 bits per heavy atom. The van der Waals surface area contributed by atoms with Crippen molar-refractivity contribution in [3.63, 3.8) is 0 Å². The number of rotatable bonds is 7. The fourth-order valence-corrected chi connectivity index (χ4v) is 2.16. The molecule has 2 aromatic rings. The van der Waals surface area contributed by atoms with Gasteiger partial charge in [-0.3, -0.25) is 0 Å². The Morgan fingerprint density at radius 2 is 1.50 bits per heavy atom. The summed E-state index contributed by atoms with van der Waals surface area (Å²) in [5.74, 6) is 2.37. The largest absolute Gasteiger partial charge is 0.493 e. The molecular formula is C19H23IO2. The van der Waals surface area contributed by atoms with Crippen LogP contribution in [0.5, 0.6) is 11.5 Å². The van der Waals surface area contributed by atoms with Gasteiger partial charge in [0.05, 0.1) is 13.2 Å². The molecule has 0 fully saturated rings. The minimum absolute atomic E-state index is 0.507. The normalized spacial score (nSPS) is 12.2. The van der Waals surface area contributed by atoms with Gasteiger partial charge in [0.25, 0.3) is 0 Å². The van der Waals surface area contributed by atoms with Crippen molar-refractivity contribution < 1.29 is 9.47 Å². The molecule has 0 aliphatic carbocycles.